The third kappa shape index (κ3) is 2.77. The minimum atomic E-state index is 0.0571. The van der Waals surface area contributed by atoms with Crippen molar-refractivity contribution >= 4 is 21.8 Å². The maximum atomic E-state index is 12.1. The van der Waals surface area contributed by atoms with Crippen LogP contribution in [0.4, 0.5) is 0 Å². The van der Waals surface area contributed by atoms with Gasteiger partial charge < -0.3 is 10.1 Å². The van der Waals surface area contributed by atoms with Crippen molar-refractivity contribution in [2.75, 3.05) is 6.61 Å². The van der Waals surface area contributed by atoms with Gasteiger partial charge in [-0.05, 0) is 26.2 Å². The number of carbonyl (C=O) groups excluding carboxylic acids is 1. The molecule has 1 saturated carbocycles. The van der Waals surface area contributed by atoms with E-state index in [0.717, 1.165) is 19.4 Å². The highest BCUT2D eigenvalue weighted by molar-refractivity contribution is 9.09. The number of hydrogen-bond donors (Lipinski definition) is 1. The standard InChI is InChI=1S/C12H20BrNO2/c1-8-9(6-7-16-8)12(15)14-11-5-3-2-4-10(11)13/h8-11H,2-7H2,1H3,(H,14,15). The highest BCUT2D eigenvalue weighted by Crippen LogP contribution is 2.26. The number of carbonyl (C=O) groups is 1. The van der Waals surface area contributed by atoms with Crippen molar-refractivity contribution in [2.24, 2.45) is 5.92 Å². The molecule has 1 heterocycles. The van der Waals surface area contributed by atoms with Gasteiger partial charge in [-0.15, -0.1) is 0 Å². The van der Waals surface area contributed by atoms with Gasteiger partial charge >= 0.3 is 0 Å². The second kappa shape index (κ2) is 5.50. The summed E-state index contributed by atoms with van der Waals surface area (Å²) in [4.78, 5) is 12.5. The van der Waals surface area contributed by atoms with E-state index in [9.17, 15) is 4.79 Å². The number of hydrogen-bond acceptors (Lipinski definition) is 2. The lowest BCUT2D eigenvalue weighted by molar-refractivity contribution is -0.127. The Balaban J connectivity index is 1.86. The second-order valence-electron chi connectivity index (χ2n) is 4.89. The Morgan fingerprint density at radius 3 is 2.69 bits per heavy atom. The van der Waals surface area contributed by atoms with Gasteiger partial charge in [0.05, 0.1) is 12.0 Å². The normalized spacial score (nSPS) is 39.6. The molecule has 92 valence electrons. The molecule has 1 saturated heterocycles. The molecule has 0 radical (unpaired) electrons. The molecule has 0 bridgehead atoms. The summed E-state index contributed by atoms with van der Waals surface area (Å²) >= 11 is 3.66. The van der Waals surface area contributed by atoms with Crippen molar-refractivity contribution in [3.05, 3.63) is 0 Å². The zero-order chi connectivity index (χ0) is 11.5. The molecule has 4 atom stereocenters. The molecule has 1 aliphatic heterocycles. The number of ether oxygens (including phenoxy) is 1. The van der Waals surface area contributed by atoms with Crippen molar-refractivity contribution in [1.82, 2.24) is 5.32 Å². The summed E-state index contributed by atoms with van der Waals surface area (Å²) in [6.45, 7) is 2.71. The van der Waals surface area contributed by atoms with Gasteiger partial charge in [0.2, 0.25) is 5.91 Å². The lowest BCUT2D eigenvalue weighted by Gasteiger charge is -2.29. The van der Waals surface area contributed by atoms with Gasteiger partial charge in [0.1, 0.15) is 0 Å². The molecule has 16 heavy (non-hydrogen) atoms. The zero-order valence-electron chi connectivity index (χ0n) is 9.75. The van der Waals surface area contributed by atoms with E-state index in [1.807, 2.05) is 6.92 Å². The van der Waals surface area contributed by atoms with E-state index in [2.05, 4.69) is 21.2 Å². The van der Waals surface area contributed by atoms with Gasteiger partial charge in [-0.1, -0.05) is 28.8 Å². The minimum absolute atomic E-state index is 0.0571. The fraction of sp³-hybridized carbons (Fsp3) is 0.917. The van der Waals surface area contributed by atoms with Crippen molar-refractivity contribution in [2.45, 2.75) is 56.0 Å². The summed E-state index contributed by atoms with van der Waals surface area (Å²) in [6.07, 6.45) is 5.71. The Kier molecular flexibility index (Phi) is 4.25. The maximum Gasteiger partial charge on any atom is 0.226 e. The summed E-state index contributed by atoms with van der Waals surface area (Å²) in [5.74, 6) is 0.239. The van der Waals surface area contributed by atoms with Gasteiger partial charge in [0, 0.05) is 17.5 Å². The first-order valence-corrected chi connectivity index (χ1v) is 7.16. The van der Waals surface area contributed by atoms with Crippen molar-refractivity contribution in [3.63, 3.8) is 0 Å². The quantitative estimate of drug-likeness (QED) is 0.792. The molecular formula is C12H20BrNO2. The van der Waals surface area contributed by atoms with Crippen LogP contribution in [0.25, 0.3) is 0 Å². The van der Waals surface area contributed by atoms with Crippen LogP contribution in [-0.2, 0) is 9.53 Å². The molecule has 2 aliphatic rings. The molecule has 3 nitrogen and oxygen atoms in total. The third-order valence-electron chi connectivity index (χ3n) is 3.72. The molecule has 4 unspecified atom stereocenters. The fourth-order valence-electron chi connectivity index (χ4n) is 2.61. The first kappa shape index (κ1) is 12.4. The number of alkyl halides is 1. The van der Waals surface area contributed by atoms with Crippen LogP contribution in [0, 0.1) is 5.92 Å². The van der Waals surface area contributed by atoms with Crippen LogP contribution in [0.1, 0.15) is 39.0 Å². The largest absolute Gasteiger partial charge is 0.378 e. The Bertz CT molecular complexity index is 259. The molecule has 1 amide bonds. The Morgan fingerprint density at radius 2 is 2.06 bits per heavy atom. The van der Waals surface area contributed by atoms with E-state index in [0.29, 0.717) is 10.9 Å². The van der Waals surface area contributed by atoms with Gasteiger partial charge in [-0.25, -0.2) is 0 Å². The van der Waals surface area contributed by atoms with E-state index >= 15 is 0 Å². The van der Waals surface area contributed by atoms with E-state index in [1.165, 1.54) is 19.3 Å². The fourth-order valence-corrected chi connectivity index (χ4v) is 3.33. The molecule has 0 aromatic heterocycles. The molecule has 1 N–H and O–H groups in total. The van der Waals surface area contributed by atoms with E-state index < -0.39 is 0 Å². The SMILES string of the molecule is CC1OCCC1C(=O)NC1CCCCC1Br. The number of amides is 1. The summed E-state index contributed by atoms with van der Waals surface area (Å²) in [7, 11) is 0. The first-order chi connectivity index (χ1) is 7.68. The number of nitrogens with one attached hydrogen (secondary N) is 1. The van der Waals surface area contributed by atoms with Crippen LogP contribution >= 0.6 is 15.9 Å². The van der Waals surface area contributed by atoms with Gasteiger partial charge in [0.25, 0.3) is 0 Å². The van der Waals surface area contributed by atoms with Crippen LogP contribution in [0.2, 0.25) is 0 Å². The Labute approximate surface area is 105 Å². The van der Waals surface area contributed by atoms with Crippen molar-refractivity contribution in [3.8, 4) is 0 Å². The topological polar surface area (TPSA) is 38.3 Å². The van der Waals surface area contributed by atoms with Gasteiger partial charge in [-0.2, -0.15) is 0 Å². The molecule has 0 aromatic carbocycles. The molecule has 0 aromatic rings. The summed E-state index contributed by atoms with van der Waals surface area (Å²) in [5.41, 5.74) is 0. The molecular weight excluding hydrogens is 270 g/mol. The summed E-state index contributed by atoms with van der Waals surface area (Å²) in [5, 5.41) is 3.18. The lowest BCUT2D eigenvalue weighted by atomic mass is 9.94. The average Bonchev–Trinajstić information content (AvgIpc) is 2.68. The number of halogens is 1. The lowest BCUT2D eigenvalue weighted by Crippen LogP contribution is -2.46. The Morgan fingerprint density at radius 1 is 1.31 bits per heavy atom. The van der Waals surface area contributed by atoms with E-state index in [-0.39, 0.29) is 17.9 Å². The molecule has 2 fully saturated rings. The first-order valence-electron chi connectivity index (χ1n) is 6.24. The van der Waals surface area contributed by atoms with Gasteiger partial charge in [-0.3, -0.25) is 4.79 Å². The summed E-state index contributed by atoms with van der Waals surface area (Å²) in [6, 6.07) is 0.314. The third-order valence-corrected chi connectivity index (χ3v) is 4.82. The maximum absolute atomic E-state index is 12.1. The summed E-state index contributed by atoms with van der Waals surface area (Å²) < 4.78 is 5.43. The highest BCUT2D eigenvalue weighted by Gasteiger charge is 2.33. The highest BCUT2D eigenvalue weighted by atomic mass is 79.9. The predicted octanol–water partition coefficient (Wildman–Crippen LogP) is 2.23. The smallest absolute Gasteiger partial charge is 0.226 e. The number of rotatable bonds is 2. The van der Waals surface area contributed by atoms with Crippen LogP contribution in [0.15, 0.2) is 0 Å². The van der Waals surface area contributed by atoms with E-state index in [4.69, 9.17) is 4.74 Å². The van der Waals surface area contributed by atoms with Crippen LogP contribution < -0.4 is 5.32 Å². The monoisotopic (exact) mass is 289 g/mol. The Hall–Kier alpha value is -0.0900. The van der Waals surface area contributed by atoms with Gasteiger partial charge in [0.15, 0.2) is 0 Å². The van der Waals surface area contributed by atoms with Crippen molar-refractivity contribution < 1.29 is 9.53 Å². The van der Waals surface area contributed by atoms with Crippen molar-refractivity contribution in [1.29, 1.82) is 0 Å². The van der Waals surface area contributed by atoms with E-state index in [1.54, 1.807) is 0 Å². The zero-order valence-corrected chi connectivity index (χ0v) is 11.3. The average molecular weight is 290 g/mol. The molecule has 2 rings (SSSR count). The molecule has 1 aliphatic carbocycles. The molecule has 0 spiro atoms. The van der Waals surface area contributed by atoms with Crippen LogP contribution in [0.3, 0.4) is 0 Å². The second-order valence-corrected chi connectivity index (χ2v) is 6.06. The minimum Gasteiger partial charge on any atom is -0.378 e. The predicted molar refractivity (Wildman–Crippen MR) is 66.6 cm³/mol. The van der Waals surface area contributed by atoms with Crippen LogP contribution in [-0.4, -0.2) is 29.5 Å². The van der Waals surface area contributed by atoms with Crippen LogP contribution in [0.5, 0.6) is 0 Å². The molecule has 4 heteroatoms.